The number of hydrogen-bond donors (Lipinski definition) is 4. The molecule has 1 amide bonds. The van der Waals surface area contributed by atoms with Crippen LogP contribution in [-0.2, 0) is 9.92 Å². The summed E-state index contributed by atoms with van der Waals surface area (Å²) in [5.74, 6) is -0.555. The first-order valence-electron chi connectivity index (χ1n) is 11.8. The minimum atomic E-state index is -2.56. The maximum Gasteiger partial charge on any atom is 0.255 e. The maximum atomic E-state index is 13.7. The van der Waals surface area contributed by atoms with Gasteiger partial charge in [0.1, 0.15) is 15.7 Å². The molecule has 0 bridgehead atoms. The monoisotopic (exact) mass is 518 g/mol. The van der Waals surface area contributed by atoms with E-state index in [-0.39, 0.29) is 23.8 Å². The lowest BCUT2D eigenvalue weighted by Gasteiger charge is -2.34. The first kappa shape index (κ1) is 24.7. The number of nitrogens with zero attached hydrogens (tertiary/aromatic N) is 2. The van der Waals surface area contributed by atoms with Crippen LogP contribution in [0.25, 0.3) is 10.9 Å². The Bertz CT molecular complexity index is 1550. The third kappa shape index (κ3) is 6.22. The molecule has 8 nitrogen and oxygen atoms in total. The molecule has 1 atom stereocenters. The number of hydrogen-bond acceptors (Lipinski definition) is 6. The summed E-state index contributed by atoms with van der Waals surface area (Å²) in [4.78, 5) is 17.0. The fraction of sp³-hybridized carbons (Fsp3) is 0.185. The molecule has 0 radical (unpaired) electrons. The minimum absolute atomic E-state index is 0.0344. The average molecular weight is 519 g/mol. The van der Waals surface area contributed by atoms with Gasteiger partial charge in [0.25, 0.3) is 5.91 Å². The zero-order valence-corrected chi connectivity index (χ0v) is 21.0. The molecule has 0 aliphatic heterocycles. The summed E-state index contributed by atoms with van der Waals surface area (Å²) in [5, 5.41) is 15.7. The molecule has 1 aromatic heterocycles. The van der Waals surface area contributed by atoms with Crippen LogP contribution in [0, 0.1) is 5.82 Å². The Balaban J connectivity index is 1.17. The molecule has 10 heteroatoms. The summed E-state index contributed by atoms with van der Waals surface area (Å²) < 4.78 is 29.4. The number of nitrogens with one attached hydrogen (secondary N) is 3. The molecule has 1 aliphatic rings. The van der Waals surface area contributed by atoms with Crippen LogP contribution in [-0.4, -0.2) is 33.4 Å². The minimum Gasteiger partial charge on any atom is -0.382 e. The molecular formula is C27H27FN6O2S. The number of fused-ring (bicyclic) bond motifs is 1. The molecular weight excluding hydrogens is 491 g/mol. The number of aromatic nitrogens is 1. The van der Waals surface area contributed by atoms with Crippen molar-refractivity contribution in [2.24, 2.45) is 9.50 Å². The zero-order chi connectivity index (χ0) is 26.0. The quantitative estimate of drug-likeness (QED) is 0.265. The van der Waals surface area contributed by atoms with Crippen LogP contribution < -0.4 is 21.1 Å². The van der Waals surface area contributed by atoms with Crippen molar-refractivity contribution in [1.29, 1.82) is 0 Å². The Morgan fingerprint density at radius 3 is 2.38 bits per heavy atom. The summed E-state index contributed by atoms with van der Waals surface area (Å²) in [5.41, 5.74) is 4.31. The molecule has 1 saturated carbocycles. The van der Waals surface area contributed by atoms with E-state index in [9.17, 15) is 13.4 Å². The predicted molar refractivity (Wildman–Crippen MR) is 147 cm³/mol. The van der Waals surface area contributed by atoms with Gasteiger partial charge in [0.15, 0.2) is 0 Å². The van der Waals surface area contributed by atoms with Gasteiger partial charge in [-0.15, -0.1) is 0 Å². The van der Waals surface area contributed by atoms with Crippen LogP contribution in [0.15, 0.2) is 83.4 Å². The largest absolute Gasteiger partial charge is 0.382 e. The van der Waals surface area contributed by atoms with Crippen molar-refractivity contribution in [3.63, 3.8) is 0 Å². The Kier molecular flexibility index (Phi) is 6.77. The van der Waals surface area contributed by atoms with E-state index < -0.39 is 9.92 Å². The number of pyridine rings is 1. The Morgan fingerprint density at radius 2 is 1.68 bits per heavy atom. The van der Waals surface area contributed by atoms with Gasteiger partial charge in [-0.05, 0) is 85.6 Å². The molecule has 1 unspecified atom stereocenters. The number of carbonyl (C=O) groups is 1. The highest BCUT2D eigenvalue weighted by Gasteiger charge is 2.29. The van der Waals surface area contributed by atoms with Crippen LogP contribution in [0.3, 0.4) is 0 Å². The molecule has 0 saturated heterocycles. The number of rotatable bonds is 7. The molecule has 5 rings (SSSR count). The van der Waals surface area contributed by atoms with Gasteiger partial charge in [0.2, 0.25) is 0 Å². The molecule has 190 valence electrons. The van der Waals surface area contributed by atoms with Gasteiger partial charge in [-0.3, -0.25) is 9.78 Å². The van der Waals surface area contributed by atoms with E-state index in [0.29, 0.717) is 22.2 Å². The number of benzene rings is 3. The van der Waals surface area contributed by atoms with Crippen LogP contribution >= 0.6 is 0 Å². The summed E-state index contributed by atoms with van der Waals surface area (Å²) >= 11 is 0. The summed E-state index contributed by atoms with van der Waals surface area (Å²) in [7, 11) is -2.56. The molecule has 4 aromatic rings. The summed E-state index contributed by atoms with van der Waals surface area (Å²) in [6, 6.07) is 21.1. The van der Waals surface area contributed by atoms with Crippen LogP contribution in [0.4, 0.5) is 27.1 Å². The van der Waals surface area contributed by atoms with Crippen molar-refractivity contribution in [2.45, 2.75) is 24.9 Å². The van der Waals surface area contributed by atoms with Gasteiger partial charge in [-0.1, -0.05) is 0 Å². The van der Waals surface area contributed by atoms with E-state index in [4.69, 9.17) is 5.14 Å². The maximum absolute atomic E-state index is 13.7. The normalized spacial score (nSPS) is 18.4. The van der Waals surface area contributed by atoms with E-state index in [2.05, 4.69) is 25.3 Å². The van der Waals surface area contributed by atoms with E-state index in [1.165, 1.54) is 18.4 Å². The Morgan fingerprint density at radius 1 is 1.00 bits per heavy atom. The van der Waals surface area contributed by atoms with Gasteiger partial charge in [0.05, 0.1) is 11.6 Å². The molecule has 1 fully saturated rings. The van der Waals surface area contributed by atoms with Gasteiger partial charge < -0.3 is 16.0 Å². The third-order valence-electron chi connectivity index (χ3n) is 6.11. The Hall–Kier alpha value is -4.02. The smallest absolute Gasteiger partial charge is 0.255 e. The van der Waals surface area contributed by atoms with Gasteiger partial charge in [-0.25, -0.2) is 18.1 Å². The number of nitrogens with two attached hydrogens (primary N) is 1. The van der Waals surface area contributed by atoms with E-state index in [1.807, 2.05) is 24.3 Å². The fourth-order valence-corrected chi connectivity index (χ4v) is 5.03. The first-order chi connectivity index (χ1) is 17.7. The van der Waals surface area contributed by atoms with Crippen molar-refractivity contribution in [3.8, 4) is 0 Å². The fourth-order valence-electron chi connectivity index (χ4n) is 4.26. The molecule has 37 heavy (non-hydrogen) atoms. The molecule has 1 heterocycles. The van der Waals surface area contributed by atoms with Gasteiger partial charge in [-0.2, -0.15) is 0 Å². The average Bonchev–Trinajstić information content (AvgIpc) is 2.84. The highest BCUT2D eigenvalue weighted by molar-refractivity contribution is 7.90. The molecule has 1 aliphatic carbocycles. The predicted octanol–water partition coefficient (Wildman–Crippen LogP) is 5.28. The second-order valence-corrected chi connectivity index (χ2v) is 11.1. The van der Waals surface area contributed by atoms with Crippen molar-refractivity contribution in [1.82, 2.24) is 4.98 Å². The number of carbonyl (C=O) groups excluding carboxylic acids is 1. The van der Waals surface area contributed by atoms with Gasteiger partial charge in [0, 0.05) is 52.2 Å². The zero-order valence-electron chi connectivity index (χ0n) is 20.1. The second-order valence-electron chi connectivity index (χ2n) is 9.19. The lowest BCUT2D eigenvalue weighted by molar-refractivity contribution is 0.102. The lowest BCUT2D eigenvalue weighted by Crippen LogP contribution is -2.39. The van der Waals surface area contributed by atoms with E-state index in [0.717, 1.165) is 29.9 Å². The highest BCUT2D eigenvalue weighted by atomic mass is 32.2. The SMILES string of the molecule is CS(N)(=O)=NC1CC(Nc2ccc(NC(=O)c3ccc(Nc4ccnc5ccc(F)cc45)cc3)cc2)C1. The summed E-state index contributed by atoms with van der Waals surface area (Å²) in [6.07, 6.45) is 4.69. The van der Waals surface area contributed by atoms with E-state index >= 15 is 0 Å². The van der Waals surface area contributed by atoms with Crippen LogP contribution in [0.1, 0.15) is 23.2 Å². The third-order valence-corrected chi connectivity index (χ3v) is 6.83. The van der Waals surface area contributed by atoms with Crippen molar-refractivity contribution < 1.29 is 13.4 Å². The highest BCUT2D eigenvalue weighted by Crippen LogP contribution is 2.28. The van der Waals surface area contributed by atoms with Crippen molar-refractivity contribution in [3.05, 3.63) is 90.4 Å². The molecule has 3 aromatic carbocycles. The topological polar surface area (TPSA) is 122 Å². The van der Waals surface area contributed by atoms with Crippen molar-refractivity contribution in [2.75, 3.05) is 22.2 Å². The number of amides is 1. The van der Waals surface area contributed by atoms with Gasteiger partial charge >= 0.3 is 0 Å². The van der Waals surface area contributed by atoms with Crippen LogP contribution in [0.2, 0.25) is 0 Å². The number of anilines is 4. The van der Waals surface area contributed by atoms with Crippen LogP contribution in [0.5, 0.6) is 0 Å². The second kappa shape index (κ2) is 10.2. The van der Waals surface area contributed by atoms with E-state index in [1.54, 1.807) is 42.6 Å². The Labute approximate surface area is 214 Å². The molecule has 0 spiro atoms. The standard InChI is InChI=1S/C27H27FN6O2S/c1-37(29,36)34-23-15-22(16-23)31-19-7-9-21(10-8-19)33-27(35)17-2-5-20(6-3-17)32-26-12-13-30-25-11-4-18(28)14-24(25)26/h2-14,22-23,31H,15-16H2,1H3,(H,30,32)(H,33,35)(H2,29,34,36). The summed E-state index contributed by atoms with van der Waals surface area (Å²) in [6.45, 7) is 0. The number of halogens is 1. The lowest BCUT2D eigenvalue weighted by atomic mass is 9.87. The molecule has 5 N–H and O–H groups in total. The van der Waals surface area contributed by atoms with Crippen molar-refractivity contribution >= 4 is 49.5 Å². The first-order valence-corrected chi connectivity index (χ1v) is 13.8.